The third-order valence-corrected chi connectivity index (χ3v) is 7.69. The number of carbonyl (C=O) groups is 1. The van der Waals surface area contributed by atoms with E-state index >= 15 is 0 Å². The van der Waals surface area contributed by atoms with Crippen LogP contribution in [-0.4, -0.2) is 64.3 Å². The highest BCUT2D eigenvalue weighted by Gasteiger charge is 2.21. The molecule has 9 heteroatoms. The maximum atomic E-state index is 13.0. The summed E-state index contributed by atoms with van der Waals surface area (Å²) < 4.78 is 7.42. The van der Waals surface area contributed by atoms with E-state index in [0.717, 1.165) is 58.4 Å². The van der Waals surface area contributed by atoms with E-state index in [0.29, 0.717) is 32.7 Å². The fourth-order valence-corrected chi connectivity index (χ4v) is 5.41. The Hall–Kier alpha value is -3.43. The molecule has 2 aromatic heterocycles. The molecule has 1 amide bonds. The topological polar surface area (TPSA) is 85.2 Å². The van der Waals surface area contributed by atoms with Crippen molar-refractivity contribution in [3.05, 3.63) is 78.0 Å². The number of thioether (sulfide) groups is 1. The number of amides is 1. The number of hydrogen-bond donors (Lipinski definition) is 1. The number of nitrogens with one attached hydrogen (secondary N) is 1. The monoisotopic (exact) mass is 530 g/mol. The molecule has 0 spiro atoms. The number of carbonyl (C=O) groups excluding carboxylic acids is 1. The SMILES string of the molecule is CCCSc1nc(N2CCOCC2)c2cnn(CCNC(=O)CC(c3ccccc3)c3ccccc3)c2n1. The summed E-state index contributed by atoms with van der Waals surface area (Å²) in [5.74, 6) is 1.90. The van der Waals surface area contributed by atoms with Crippen LogP contribution in [0.1, 0.15) is 36.8 Å². The summed E-state index contributed by atoms with van der Waals surface area (Å²) in [7, 11) is 0. The highest BCUT2D eigenvalue weighted by molar-refractivity contribution is 7.99. The predicted octanol–water partition coefficient (Wildman–Crippen LogP) is 4.50. The molecule has 0 radical (unpaired) electrons. The van der Waals surface area contributed by atoms with Crippen LogP contribution in [0.4, 0.5) is 5.82 Å². The Morgan fingerprint density at radius 2 is 1.71 bits per heavy atom. The molecule has 1 aliphatic rings. The fourth-order valence-electron chi connectivity index (χ4n) is 4.72. The van der Waals surface area contributed by atoms with Gasteiger partial charge >= 0.3 is 0 Å². The Morgan fingerprint density at radius 3 is 2.37 bits per heavy atom. The predicted molar refractivity (Wildman–Crippen MR) is 152 cm³/mol. The summed E-state index contributed by atoms with van der Waals surface area (Å²) in [6, 6.07) is 20.4. The zero-order valence-corrected chi connectivity index (χ0v) is 22.6. The van der Waals surface area contributed by atoms with Crippen molar-refractivity contribution in [3.63, 3.8) is 0 Å². The van der Waals surface area contributed by atoms with Gasteiger partial charge in [0, 0.05) is 37.7 Å². The maximum Gasteiger partial charge on any atom is 0.221 e. The summed E-state index contributed by atoms with van der Waals surface area (Å²) in [5, 5.41) is 9.43. The van der Waals surface area contributed by atoms with E-state index in [9.17, 15) is 4.79 Å². The smallest absolute Gasteiger partial charge is 0.221 e. The molecule has 198 valence electrons. The van der Waals surface area contributed by atoms with Gasteiger partial charge in [-0.25, -0.2) is 14.6 Å². The summed E-state index contributed by atoms with van der Waals surface area (Å²) in [4.78, 5) is 25.0. The number of benzene rings is 2. The Bertz CT molecular complexity index is 1290. The number of aromatic nitrogens is 4. The van der Waals surface area contributed by atoms with Gasteiger partial charge in [-0.3, -0.25) is 4.79 Å². The molecule has 0 unspecified atom stereocenters. The molecule has 5 rings (SSSR count). The quantitative estimate of drug-likeness (QED) is 0.226. The van der Waals surface area contributed by atoms with Crippen molar-refractivity contribution in [1.29, 1.82) is 0 Å². The molecule has 8 nitrogen and oxygen atoms in total. The minimum Gasteiger partial charge on any atom is -0.378 e. The molecule has 3 heterocycles. The molecule has 2 aromatic carbocycles. The van der Waals surface area contributed by atoms with Gasteiger partial charge in [0.2, 0.25) is 5.91 Å². The largest absolute Gasteiger partial charge is 0.378 e. The van der Waals surface area contributed by atoms with Gasteiger partial charge in [0.25, 0.3) is 0 Å². The molecule has 0 bridgehead atoms. The minimum absolute atomic E-state index is 0.00454. The summed E-state index contributed by atoms with van der Waals surface area (Å²) in [6.45, 7) is 6.15. The van der Waals surface area contributed by atoms with Gasteiger partial charge in [-0.05, 0) is 17.5 Å². The van der Waals surface area contributed by atoms with E-state index in [2.05, 4.69) is 46.5 Å². The Kier molecular flexibility index (Phi) is 8.88. The Labute approximate surface area is 227 Å². The number of nitrogens with zero attached hydrogens (tertiary/aromatic N) is 5. The first-order valence-corrected chi connectivity index (χ1v) is 14.3. The highest BCUT2D eigenvalue weighted by atomic mass is 32.2. The third kappa shape index (κ3) is 6.34. The number of ether oxygens (including phenoxy) is 1. The average Bonchev–Trinajstić information content (AvgIpc) is 3.38. The second-order valence-electron chi connectivity index (χ2n) is 9.31. The van der Waals surface area contributed by atoms with Crippen LogP contribution >= 0.6 is 11.8 Å². The second-order valence-corrected chi connectivity index (χ2v) is 10.4. The van der Waals surface area contributed by atoms with Gasteiger partial charge in [0.15, 0.2) is 10.8 Å². The molecular weight excluding hydrogens is 496 g/mol. The highest BCUT2D eigenvalue weighted by Crippen LogP contribution is 2.29. The van der Waals surface area contributed by atoms with Crippen molar-refractivity contribution in [2.45, 2.75) is 37.4 Å². The van der Waals surface area contributed by atoms with Crippen LogP contribution < -0.4 is 10.2 Å². The van der Waals surface area contributed by atoms with E-state index in [-0.39, 0.29) is 11.8 Å². The minimum atomic E-state index is 0.00454. The number of fused-ring (bicyclic) bond motifs is 1. The van der Waals surface area contributed by atoms with Gasteiger partial charge in [0.1, 0.15) is 5.82 Å². The first kappa shape index (κ1) is 26.2. The van der Waals surface area contributed by atoms with Gasteiger partial charge in [0.05, 0.1) is 31.3 Å². The van der Waals surface area contributed by atoms with E-state index in [1.54, 1.807) is 11.8 Å². The zero-order valence-electron chi connectivity index (χ0n) is 21.8. The van der Waals surface area contributed by atoms with E-state index in [1.165, 1.54) is 0 Å². The van der Waals surface area contributed by atoms with Crippen LogP contribution in [0.15, 0.2) is 72.0 Å². The Balaban J connectivity index is 1.28. The molecule has 0 aliphatic carbocycles. The van der Waals surface area contributed by atoms with Gasteiger partial charge < -0.3 is 15.0 Å². The van der Waals surface area contributed by atoms with Crippen LogP contribution in [0.2, 0.25) is 0 Å². The lowest BCUT2D eigenvalue weighted by molar-refractivity contribution is -0.121. The van der Waals surface area contributed by atoms with Crippen LogP contribution in [-0.2, 0) is 16.1 Å². The fraction of sp³-hybridized carbons (Fsp3) is 0.379. The van der Waals surface area contributed by atoms with Crippen LogP contribution in [0.3, 0.4) is 0 Å². The lowest BCUT2D eigenvalue weighted by Crippen LogP contribution is -2.37. The summed E-state index contributed by atoms with van der Waals surface area (Å²) >= 11 is 1.67. The molecule has 1 N–H and O–H groups in total. The van der Waals surface area contributed by atoms with Crippen molar-refractivity contribution < 1.29 is 9.53 Å². The van der Waals surface area contributed by atoms with Gasteiger partial charge in [-0.2, -0.15) is 5.10 Å². The molecule has 1 saturated heterocycles. The maximum absolute atomic E-state index is 13.0. The number of rotatable bonds is 11. The molecule has 0 atom stereocenters. The molecule has 1 fully saturated rings. The van der Waals surface area contributed by atoms with E-state index in [1.807, 2.05) is 47.3 Å². The van der Waals surface area contributed by atoms with Crippen LogP contribution in [0.25, 0.3) is 11.0 Å². The number of anilines is 1. The third-order valence-electron chi connectivity index (χ3n) is 6.64. The van der Waals surface area contributed by atoms with Gasteiger partial charge in [-0.15, -0.1) is 0 Å². The molecular formula is C29H34N6O2S. The van der Waals surface area contributed by atoms with Crippen molar-refractivity contribution in [3.8, 4) is 0 Å². The van der Waals surface area contributed by atoms with E-state index < -0.39 is 0 Å². The molecule has 1 aliphatic heterocycles. The van der Waals surface area contributed by atoms with Crippen molar-refractivity contribution in [1.82, 2.24) is 25.1 Å². The first-order chi connectivity index (χ1) is 18.7. The summed E-state index contributed by atoms with van der Waals surface area (Å²) in [5.41, 5.74) is 3.08. The molecule has 0 saturated carbocycles. The zero-order chi connectivity index (χ0) is 26.2. The van der Waals surface area contributed by atoms with Crippen molar-refractivity contribution in [2.75, 3.05) is 43.5 Å². The van der Waals surface area contributed by atoms with E-state index in [4.69, 9.17) is 14.7 Å². The first-order valence-electron chi connectivity index (χ1n) is 13.3. The molecule has 4 aromatic rings. The number of morpholine rings is 1. The Morgan fingerprint density at radius 1 is 1.03 bits per heavy atom. The normalized spacial score (nSPS) is 13.8. The van der Waals surface area contributed by atoms with Crippen molar-refractivity contribution in [2.24, 2.45) is 0 Å². The standard InChI is InChI=1S/C29H34N6O2S/c1-2-19-38-29-32-27(34-15-17-37-18-16-34)25-21-31-35(28(25)33-29)14-13-30-26(36)20-24(22-9-5-3-6-10-22)23-11-7-4-8-12-23/h3-12,21,24H,2,13-20H2,1H3,(H,30,36). The lowest BCUT2D eigenvalue weighted by Gasteiger charge is -2.28. The van der Waals surface area contributed by atoms with Crippen LogP contribution in [0, 0.1) is 0 Å². The van der Waals surface area contributed by atoms with Gasteiger partial charge in [-0.1, -0.05) is 79.3 Å². The summed E-state index contributed by atoms with van der Waals surface area (Å²) in [6.07, 6.45) is 3.28. The van der Waals surface area contributed by atoms with Crippen molar-refractivity contribution >= 4 is 34.5 Å². The van der Waals surface area contributed by atoms with Crippen LogP contribution in [0.5, 0.6) is 0 Å². The average molecular weight is 531 g/mol. The molecule has 38 heavy (non-hydrogen) atoms. The second kappa shape index (κ2) is 12.9. The lowest BCUT2D eigenvalue weighted by atomic mass is 9.88. The number of hydrogen-bond acceptors (Lipinski definition) is 7.